The van der Waals surface area contributed by atoms with Crippen LogP contribution in [0.2, 0.25) is 0 Å². The molecule has 0 aromatic heterocycles. The van der Waals surface area contributed by atoms with Crippen LogP contribution in [0.4, 0.5) is 0 Å². The van der Waals surface area contributed by atoms with E-state index in [-0.39, 0.29) is 6.04 Å². The molecule has 0 radical (unpaired) electrons. The van der Waals surface area contributed by atoms with Crippen molar-refractivity contribution in [1.29, 1.82) is 5.26 Å². The molecule has 0 aromatic carbocycles. The van der Waals surface area contributed by atoms with Crippen molar-refractivity contribution < 1.29 is 0 Å². The number of hydrogen-bond acceptors (Lipinski definition) is 4. The molecule has 0 aliphatic carbocycles. The minimum absolute atomic E-state index is 0.00806. The lowest BCUT2D eigenvalue weighted by molar-refractivity contribution is 0.265. The monoisotopic (exact) mass is 238 g/mol. The van der Waals surface area contributed by atoms with E-state index in [0.29, 0.717) is 0 Å². The summed E-state index contributed by atoms with van der Waals surface area (Å²) in [5.74, 6) is 0.810. The molecule has 0 bridgehead atoms. The summed E-state index contributed by atoms with van der Waals surface area (Å²) in [6.07, 6.45) is 2.24. The van der Waals surface area contributed by atoms with Crippen molar-refractivity contribution in [3.8, 4) is 6.07 Å². The van der Waals surface area contributed by atoms with Crippen molar-refractivity contribution in [1.82, 2.24) is 15.1 Å². The standard InChI is InChI=1S/C13H26N4/c1-4-15-13(9-14)6-8-17(3)11-12-5-7-16(2)10-12/h12-13,15H,4-8,10-11H2,1-3H3. The molecule has 98 valence electrons. The summed E-state index contributed by atoms with van der Waals surface area (Å²) in [5.41, 5.74) is 0. The predicted octanol–water partition coefficient (Wildman–Crippen LogP) is 0.762. The Hall–Kier alpha value is -0.630. The summed E-state index contributed by atoms with van der Waals surface area (Å²) in [7, 11) is 4.36. The van der Waals surface area contributed by atoms with Gasteiger partial charge >= 0.3 is 0 Å². The topological polar surface area (TPSA) is 42.3 Å². The zero-order valence-corrected chi connectivity index (χ0v) is 11.4. The Morgan fingerprint density at radius 1 is 1.59 bits per heavy atom. The van der Waals surface area contributed by atoms with E-state index in [1.807, 2.05) is 6.92 Å². The molecule has 2 unspecified atom stereocenters. The highest BCUT2D eigenvalue weighted by Gasteiger charge is 2.20. The van der Waals surface area contributed by atoms with Gasteiger partial charge < -0.3 is 15.1 Å². The number of hydrogen-bond donors (Lipinski definition) is 1. The lowest BCUT2D eigenvalue weighted by Gasteiger charge is -2.22. The minimum Gasteiger partial charge on any atom is -0.306 e. The molecule has 1 N–H and O–H groups in total. The van der Waals surface area contributed by atoms with Crippen LogP contribution < -0.4 is 5.32 Å². The third kappa shape index (κ3) is 5.49. The molecule has 0 saturated carbocycles. The molecule has 1 saturated heterocycles. The molecule has 1 rings (SSSR count). The third-order valence-corrected chi connectivity index (χ3v) is 3.46. The van der Waals surface area contributed by atoms with Crippen molar-refractivity contribution in [3.63, 3.8) is 0 Å². The fourth-order valence-electron chi connectivity index (χ4n) is 2.52. The number of nitrogens with zero attached hydrogens (tertiary/aromatic N) is 3. The Kier molecular flexibility index (Phi) is 6.49. The first-order chi connectivity index (χ1) is 8.15. The Morgan fingerprint density at radius 2 is 2.35 bits per heavy atom. The van der Waals surface area contributed by atoms with Gasteiger partial charge in [-0.05, 0) is 45.9 Å². The Balaban J connectivity index is 2.16. The normalized spacial score (nSPS) is 22.9. The van der Waals surface area contributed by atoms with E-state index in [2.05, 4.69) is 35.3 Å². The summed E-state index contributed by atoms with van der Waals surface area (Å²) < 4.78 is 0. The average Bonchev–Trinajstić information content (AvgIpc) is 2.70. The van der Waals surface area contributed by atoms with Crippen LogP contribution in [0.15, 0.2) is 0 Å². The second-order valence-corrected chi connectivity index (χ2v) is 5.21. The van der Waals surface area contributed by atoms with E-state index >= 15 is 0 Å². The molecule has 0 aromatic rings. The zero-order valence-electron chi connectivity index (χ0n) is 11.4. The lowest BCUT2D eigenvalue weighted by Crippen LogP contribution is -2.34. The molecule has 4 nitrogen and oxygen atoms in total. The highest BCUT2D eigenvalue weighted by atomic mass is 15.1. The molecule has 1 aliphatic rings. The van der Waals surface area contributed by atoms with Gasteiger partial charge in [0.1, 0.15) is 0 Å². The van der Waals surface area contributed by atoms with Gasteiger partial charge in [0.25, 0.3) is 0 Å². The van der Waals surface area contributed by atoms with Gasteiger partial charge in [-0.2, -0.15) is 5.26 Å². The van der Waals surface area contributed by atoms with Gasteiger partial charge in [-0.15, -0.1) is 0 Å². The smallest absolute Gasteiger partial charge is 0.0965 e. The second kappa shape index (κ2) is 7.65. The second-order valence-electron chi connectivity index (χ2n) is 5.21. The molecular weight excluding hydrogens is 212 g/mol. The molecule has 4 heteroatoms. The van der Waals surface area contributed by atoms with E-state index in [1.165, 1.54) is 19.5 Å². The first-order valence-electron chi connectivity index (χ1n) is 6.65. The summed E-state index contributed by atoms with van der Waals surface area (Å²) >= 11 is 0. The van der Waals surface area contributed by atoms with Crippen LogP contribution >= 0.6 is 0 Å². The van der Waals surface area contributed by atoms with Crippen molar-refractivity contribution in [3.05, 3.63) is 0 Å². The molecule has 17 heavy (non-hydrogen) atoms. The lowest BCUT2D eigenvalue weighted by atomic mass is 10.1. The summed E-state index contributed by atoms with van der Waals surface area (Å²) in [5, 5.41) is 12.1. The Labute approximate surface area is 106 Å². The third-order valence-electron chi connectivity index (χ3n) is 3.46. The number of nitrogens with one attached hydrogen (secondary N) is 1. The number of nitriles is 1. The van der Waals surface area contributed by atoms with Gasteiger partial charge in [0, 0.05) is 19.6 Å². The maximum absolute atomic E-state index is 8.95. The van der Waals surface area contributed by atoms with E-state index in [4.69, 9.17) is 5.26 Å². The predicted molar refractivity (Wildman–Crippen MR) is 70.8 cm³/mol. The van der Waals surface area contributed by atoms with Gasteiger partial charge in [0.15, 0.2) is 0 Å². The number of likely N-dealkylation sites (tertiary alicyclic amines) is 1. The first kappa shape index (κ1) is 14.4. The first-order valence-corrected chi connectivity index (χ1v) is 6.65. The van der Waals surface area contributed by atoms with Crippen LogP contribution in [-0.4, -0.2) is 62.7 Å². The van der Waals surface area contributed by atoms with Crippen LogP contribution in [0.3, 0.4) is 0 Å². The van der Waals surface area contributed by atoms with Crippen LogP contribution in [0.5, 0.6) is 0 Å². The Bertz CT molecular complexity index is 248. The van der Waals surface area contributed by atoms with Crippen LogP contribution in [0.25, 0.3) is 0 Å². The van der Waals surface area contributed by atoms with Crippen LogP contribution in [0.1, 0.15) is 19.8 Å². The average molecular weight is 238 g/mol. The molecule has 0 spiro atoms. The van der Waals surface area contributed by atoms with Crippen molar-refractivity contribution >= 4 is 0 Å². The summed E-state index contributed by atoms with van der Waals surface area (Å²) in [6.45, 7) is 7.54. The maximum Gasteiger partial charge on any atom is 0.0965 e. The molecule has 0 amide bonds. The highest BCUT2D eigenvalue weighted by Crippen LogP contribution is 2.15. The van der Waals surface area contributed by atoms with Crippen LogP contribution in [0, 0.1) is 17.2 Å². The van der Waals surface area contributed by atoms with Gasteiger partial charge in [0.2, 0.25) is 0 Å². The number of rotatable bonds is 7. The molecule has 2 atom stereocenters. The fourth-order valence-corrected chi connectivity index (χ4v) is 2.52. The maximum atomic E-state index is 8.95. The molecule has 1 fully saturated rings. The fraction of sp³-hybridized carbons (Fsp3) is 0.923. The molecular formula is C13H26N4. The van der Waals surface area contributed by atoms with E-state index in [1.54, 1.807) is 0 Å². The SMILES string of the molecule is CCNC(C#N)CCN(C)CC1CCN(C)C1. The van der Waals surface area contributed by atoms with E-state index in [9.17, 15) is 0 Å². The highest BCUT2D eigenvalue weighted by molar-refractivity contribution is 4.89. The summed E-state index contributed by atoms with van der Waals surface area (Å²) in [4.78, 5) is 4.76. The largest absolute Gasteiger partial charge is 0.306 e. The van der Waals surface area contributed by atoms with Gasteiger partial charge in [-0.1, -0.05) is 6.92 Å². The zero-order chi connectivity index (χ0) is 12.7. The Morgan fingerprint density at radius 3 is 2.88 bits per heavy atom. The van der Waals surface area contributed by atoms with Gasteiger partial charge in [0.05, 0.1) is 12.1 Å². The molecule has 1 aliphatic heterocycles. The van der Waals surface area contributed by atoms with Crippen molar-refractivity contribution in [2.45, 2.75) is 25.8 Å². The van der Waals surface area contributed by atoms with Crippen molar-refractivity contribution in [2.75, 3.05) is 46.8 Å². The van der Waals surface area contributed by atoms with Gasteiger partial charge in [-0.25, -0.2) is 0 Å². The van der Waals surface area contributed by atoms with Crippen molar-refractivity contribution in [2.24, 2.45) is 5.92 Å². The minimum atomic E-state index is 0.00806. The summed E-state index contributed by atoms with van der Waals surface area (Å²) in [6, 6.07) is 2.32. The van der Waals surface area contributed by atoms with Crippen LogP contribution in [-0.2, 0) is 0 Å². The van der Waals surface area contributed by atoms with E-state index < -0.39 is 0 Å². The van der Waals surface area contributed by atoms with Gasteiger partial charge in [-0.3, -0.25) is 0 Å². The quantitative estimate of drug-likeness (QED) is 0.711. The van der Waals surface area contributed by atoms with E-state index in [0.717, 1.165) is 32.0 Å². The molecule has 1 heterocycles.